The molecule has 3 aromatic rings. The standard InChI is InChI=1S/C46H68N2O6/c1-5-7-9-11-13-15-17-19-21-23-31-53-43-33-39(47-35-37-27-25-29-41(51-3)45(37)49)40(48-36-38-28-26-30-42(52-4)46(38)50)34-44(43)54-32-24-22-20-18-16-14-12-10-8-6-2/h25-30,33-36,49-50H,5-24,31-32H2,1-4H3. The van der Waals surface area contributed by atoms with Gasteiger partial charge in [-0.05, 0) is 37.1 Å². The first-order valence-electron chi connectivity index (χ1n) is 20.8. The lowest BCUT2D eigenvalue weighted by atomic mass is 10.1. The summed E-state index contributed by atoms with van der Waals surface area (Å²) in [5.41, 5.74) is 2.06. The Hall–Kier alpha value is -4.20. The Balaban J connectivity index is 1.78. The largest absolute Gasteiger partial charge is 0.504 e. The summed E-state index contributed by atoms with van der Waals surface area (Å²) in [5, 5.41) is 21.5. The Morgan fingerprint density at radius 1 is 0.463 bits per heavy atom. The molecule has 0 saturated heterocycles. The van der Waals surface area contributed by atoms with E-state index in [1.807, 2.05) is 12.1 Å². The second-order valence-electron chi connectivity index (χ2n) is 14.2. The predicted molar refractivity (Wildman–Crippen MR) is 225 cm³/mol. The number of phenolic OH excluding ortho intramolecular Hbond substituents is 2. The van der Waals surface area contributed by atoms with Crippen molar-refractivity contribution < 1.29 is 29.2 Å². The minimum absolute atomic E-state index is 0.00369. The molecule has 0 fully saturated rings. The van der Waals surface area contributed by atoms with E-state index in [1.54, 1.807) is 48.8 Å². The summed E-state index contributed by atoms with van der Waals surface area (Å²) >= 11 is 0. The average molecular weight is 745 g/mol. The van der Waals surface area contributed by atoms with Crippen molar-refractivity contribution in [1.82, 2.24) is 0 Å². The van der Waals surface area contributed by atoms with E-state index >= 15 is 0 Å². The molecule has 8 nitrogen and oxygen atoms in total. The molecule has 0 aromatic heterocycles. The first-order chi connectivity index (χ1) is 26.5. The minimum Gasteiger partial charge on any atom is -0.504 e. The van der Waals surface area contributed by atoms with Gasteiger partial charge in [-0.2, -0.15) is 0 Å². The van der Waals surface area contributed by atoms with E-state index < -0.39 is 0 Å². The van der Waals surface area contributed by atoms with Crippen LogP contribution in [0.3, 0.4) is 0 Å². The van der Waals surface area contributed by atoms with Gasteiger partial charge >= 0.3 is 0 Å². The number of phenols is 2. The fourth-order valence-electron chi connectivity index (χ4n) is 6.41. The van der Waals surface area contributed by atoms with Gasteiger partial charge in [-0.25, -0.2) is 0 Å². The summed E-state index contributed by atoms with van der Waals surface area (Å²) in [6.45, 7) is 5.67. The van der Waals surface area contributed by atoms with E-state index in [0.29, 0.717) is 58.7 Å². The number of rotatable bonds is 30. The van der Waals surface area contributed by atoms with Crippen molar-refractivity contribution in [2.45, 2.75) is 142 Å². The van der Waals surface area contributed by atoms with Crippen molar-refractivity contribution in [3.05, 3.63) is 59.7 Å². The van der Waals surface area contributed by atoms with Crippen LogP contribution in [-0.2, 0) is 0 Å². The number of aliphatic imine (C=N–C) groups is 2. The summed E-state index contributed by atoms with van der Waals surface area (Å²) < 4.78 is 23.4. The topological polar surface area (TPSA) is 102 Å². The van der Waals surface area contributed by atoms with Gasteiger partial charge in [-0.3, -0.25) is 9.98 Å². The fraction of sp³-hybridized carbons (Fsp3) is 0.565. The maximum atomic E-state index is 10.7. The molecule has 54 heavy (non-hydrogen) atoms. The second-order valence-corrected chi connectivity index (χ2v) is 14.2. The van der Waals surface area contributed by atoms with Crippen LogP contribution < -0.4 is 18.9 Å². The van der Waals surface area contributed by atoms with E-state index in [9.17, 15) is 10.2 Å². The van der Waals surface area contributed by atoms with E-state index in [4.69, 9.17) is 28.9 Å². The normalized spacial score (nSPS) is 11.5. The van der Waals surface area contributed by atoms with Crippen molar-refractivity contribution in [2.24, 2.45) is 9.98 Å². The van der Waals surface area contributed by atoms with Crippen LogP contribution in [-0.4, -0.2) is 50.1 Å². The predicted octanol–water partition coefficient (Wildman–Crippen LogP) is 13.2. The van der Waals surface area contributed by atoms with E-state index in [2.05, 4.69) is 13.8 Å². The molecule has 0 heterocycles. The van der Waals surface area contributed by atoms with E-state index in [0.717, 1.165) is 25.7 Å². The van der Waals surface area contributed by atoms with Crippen LogP contribution in [0.5, 0.6) is 34.5 Å². The average Bonchev–Trinajstić information content (AvgIpc) is 3.18. The van der Waals surface area contributed by atoms with Gasteiger partial charge in [0.25, 0.3) is 0 Å². The Morgan fingerprint density at radius 2 is 0.796 bits per heavy atom. The van der Waals surface area contributed by atoms with Gasteiger partial charge < -0.3 is 29.2 Å². The number of aromatic hydroxyl groups is 2. The van der Waals surface area contributed by atoms with Gasteiger partial charge in [0.15, 0.2) is 34.5 Å². The molecule has 298 valence electrons. The van der Waals surface area contributed by atoms with Crippen LogP contribution >= 0.6 is 0 Å². The monoisotopic (exact) mass is 745 g/mol. The zero-order valence-electron chi connectivity index (χ0n) is 33.8. The molecule has 0 spiro atoms. The Kier molecular flexibility index (Phi) is 22.4. The molecule has 0 aliphatic rings. The summed E-state index contributed by atoms with van der Waals surface area (Å²) in [7, 11) is 3.03. The van der Waals surface area contributed by atoms with Gasteiger partial charge in [0.05, 0.1) is 38.8 Å². The van der Waals surface area contributed by atoms with Crippen LogP contribution in [0.15, 0.2) is 58.5 Å². The number of nitrogens with zero attached hydrogens (tertiary/aromatic N) is 2. The third-order valence-corrected chi connectivity index (χ3v) is 9.74. The first kappa shape index (κ1) is 44.2. The highest BCUT2D eigenvalue weighted by Crippen LogP contribution is 2.41. The molecule has 0 bridgehead atoms. The van der Waals surface area contributed by atoms with Crippen LogP contribution in [0.2, 0.25) is 0 Å². The molecule has 3 aromatic carbocycles. The molecule has 0 unspecified atom stereocenters. The van der Waals surface area contributed by atoms with Crippen LogP contribution in [0.4, 0.5) is 11.4 Å². The SMILES string of the molecule is CCCCCCCCCCCCOc1cc(N=Cc2cccc(OC)c2O)c(N=Cc2cccc(OC)c2O)cc1OCCCCCCCCCCCC. The molecule has 0 aliphatic heterocycles. The van der Waals surface area contributed by atoms with Gasteiger partial charge in [-0.15, -0.1) is 0 Å². The van der Waals surface area contributed by atoms with E-state index in [-0.39, 0.29) is 11.5 Å². The quantitative estimate of drug-likeness (QED) is 0.0520. The van der Waals surface area contributed by atoms with Gasteiger partial charge in [-0.1, -0.05) is 142 Å². The maximum absolute atomic E-state index is 10.7. The van der Waals surface area contributed by atoms with Crippen molar-refractivity contribution in [2.75, 3.05) is 27.4 Å². The molecule has 0 radical (unpaired) electrons. The second kappa shape index (κ2) is 27.4. The number of hydrogen-bond acceptors (Lipinski definition) is 8. The molecule has 0 aliphatic carbocycles. The number of unbranched alkanes of at least 4 members (excludes halogenated alkanes) is 18. The molecule has 0 amide bonds. The highest BCUT2D eigenvalue weighted by Gasteiger charge is 2.14. The molecule has 0 saturated carbocycles. The summed E-state index contributed by atoms with van der Waals surface area (Å²) in [5.74, 6) is 1.96. The zero-order chi connectivity index (χ0) is 38.6. The Bertz CT molecular complexity index is 1410. The van der Waals surface area contributed by atoms with Crippen molar-refractivity contribution in [3.63, 3.8) is 0 Å². The molecule has 0 atom stereocenters. The zero-order valence-corrected chi connectivity index (χ0v) is 33.8. The fourth-order valence-corrected chi connectivity index (χ4v) is 6.41. The van der Waals surface area contributed by atoms with Gasteiger partial charge in [0.2, 0.25) is 0 Å². The lowest BCUT2D eigenvalue weighted by Crippen LogP contribution is -2.03. The number of methoxy groups -OCH3 is 2. The van der Waals surface area contributed by atoms with Crippen LogP contribution in [0.1, 0.15) is 153 Å². The third kappa shape index (κ3) is 16.4. The number of benzene rings is 3. The molecular formula is C46H68N2O6. The lowest BCUT2D eigenvalue weighted by Gasteiger charge is -2.15. The third-order valence-electron chi connectivity index (χ3n) is 9.74. The molecule has 8 heteroatoms. The summed E-state index contributed by atoms with van der Waals surface area (Å²) in [6.07, 6.45) is 28.2. The Morgan fingerprint density at radius 3 is 1.13 bits per heavy atom. The van der Waals surface area contributed by atoms with Crippen molar-refractivity contribution >= 4 is 23.8 Å². The molecule has 3 rings (SSSR count). The van der Waals surface area contributed by atoms with Gasteiger partial charge in [0, 0.05) is 35.7 Å². The van der Waals surface area contributed by atoms with Crippen molar-refractivity contribution in [3.8, 4) is 34.5 Å². The Labute approximate surface area is 326 Å². The summed E-state index contributed by atoms with van der Waals surface area (Å²) in [4.78, 5) is 9.54. The maximum Gasteiger partial charge on any atom is 0.166 e. The number of para-hydroxylation sites is 2. The van der Waals surface area contributed by atoms with E-state index in [1.165, 1.54) is 117 Å². The molecular weight excluding hydrogens is 677 g/mol. The number of hydrogen-bond donors (Lipinski definition) is 2. The highest BCUT2D eigenvalue weighted by molar-refractivity contribution is 5.91. The van der Waals surface area contributed by atoms with Crippen molar-refractivity contribution in [1.29, 1.82) is 0 Å². The highest BCUT2D eigenvalue weighted by atomic mass is 16.5. The molecule has 2 N–H and O–H groups in total. The summed E-state index contributed by atoms with van der Waals surface area (Å²) in [6, 6.07) is 14.3. The number of ether oxygens (including phenoxy) is 4. The minimum atomic E-state index is 0.00369. The van der Waals surface area contributed by atoms with Crippen LogP contribution in [0.25, 0.3) is 0 Å². The van der Waals surface area contributed by atoms with Gasteiger partial charge in [0.1, 0.15) is 0 Å². The smallest absolute Gasteiger partial charge is 0.166 e. The lowest BCUT2D eigenvalue weighted by molar-refractivity contribution is 0.258. The first-order valence-corrected chi connectivity index (χ1v) is 20.8. The van der Waals surface area contributed by atoms with Crippen LogP contribution in [0, 0.1) is 0 Å².